The van der Waals surface area contributed by atoms with E-state index in [-0.39, 0.29) is 30.1 Å². The summed E-state index contributed by atoms with van der Waals surface area (Å²) in [7, 11) is 0. The molecule has 0 bridgehead atoms. The predicted molar refractivity (Wildman–Crippen MR) is 90.9 cm³/mol. The summed E-state index contributed by atoms with van der Waals surface area (Å²) >= 11 is 0. The van der Waals surface area contributed by atoms with E-state index >= 15 is 0 Å². The van der Waals surface area contributed by atoms with E-state index < -0.39 is 29.9 Å². The fourth-order valence-corrected chi connectivity index (χ4v) is 2.10. The topological polar surface area (TPSA) is 130 Å². The molecule has 24 heavy (non-hydrogen) atoms. The molecule has 0 heterocycles. The van der Waals surface area contributed by atoms with Crippen molar-refractivity contribution in [3.8, 4) is 0 Å². The first-order valence-electron chi connectivity index (χ1n) is 8.14. The van der Waals surface area contributed by atoms with Crippen LogP contribution in [0.4, 0.5) is 0 Å². The van der Waals surface area contributed by atoms with E-state index in [0.29, 0.717) is 0 Å². The minimum Gasteiger partial charge on any atom is -0.370 e. The number of Topliss-reactive ketones (excluding diaryl/α,β-unsaturated/α-hetero) is 1. The molecule has 0 aromatic heterocycles. The Morgan fingerprint density at radius 2 is 1.33 bits per heavy atom. The molecule has 0 aliphatic heterocycles. The van der Waals surface area contributed by atoms with Gasteiger partial charge in [0.1, 0.15) is 6.04 Å². The molecule has 0 saturated heterocycles. The number of carbonyl (C=O) groups is 4. The highest BCUT2D eigenvalue weighted by molar-refractivity contribution is 5.96. The van der Waals surface area contributed by atoms with Crippen LogP contribution in [0.5, 0.6) is 0 Å². The summed E-state index contributed by atoms with van der Waals surface area (Å²) < 4.78 is 0. The molecule has 0 aliphatic carbocycles. The molecular formula is C16H30N4O4. The zero-order valence-electron chi connectivity index (χ0n) is 15.3. The van der Waals surface area contributed by atoms with Gasteiger partial charge in [-0.25, -0.2) is 0 Å². The van der Waals surface area contributed by atoms with Crippen molar-refractivity contribution in [2.24, 2.45) is 11.7 Å². The van der Waals surface area contributed by atoms with Crippen LogP contribution in [-0.2, 0) is 19.2 Å². The molecule has 0 unspecified atom stereocenters. The van der Waals surface area contributed by atoms with Crippen LogP contribution in [0.1, 0.15) is 48.0 Å². The lowest BCUT2D eigenvalue weighted by molar-refractivity contribution is -0.133. The van der Waals surface area contributed by atoms with Crippen LogP contribution < -0.4 is 21.7 Å². The van der Waals surface area contributed by atoms with E-state index in [1.807, 2.05) is 13.8 Å². The van der Waals surface area contributed by atoms with Crippen LogP contribution in [0.3, 0.4) is 0 Å². The molecule has 0 spiro atoms. The van der Waals surface area contributed by atoms with Crippen LogP contribution in [0.25, 0.3) is 0 Å². The van der Waals surface area contributed by atoms with Crippen molar-refractivity contribution in [1.82, 2.24) is 16.0 Å². The highest BCUT2D eigenvalue weighted by Gasteiger charge is 2.27. The Kier molecular flexibility index (Phi) is 9.20. The predicted octanol–water partition coefficient (Wildman–Crippen LogP) is -0.537. The molecule has 8 heteroatoms. The van der Waals surface area contributed by atoms with Crippen molar-refractivity contribution in [2.45, 2.75) is 72.1 Å². The van der Waals surface area contributed by atoms with E-state index in [2.05, 4.69) is 16.0 Å². The Morgan fingerprint density at radius 1 is 0.833 bits per heavy atom. The lowest BCUT2D eigenvalue weighted by Gasteiger charge is -2.23. The van der Waals surface area contributed by atoms with Crippen molar-refractivity contribution in [3.05, 3.63) is 0 Å². The monoisotopic (exact) mass is 342 g/mol. The minimum absolute atomic E-state index is 0.124. The highest BCUT2D eigenvalue weighted by Crippen LogP contribution is 2.04. The largest absolute Gasteiger partial charge is 0.370 e. The van der Waals surface area contributed by atoms with Gasteiger partial charge in [-0.2, -0.15) is 0 Å². The number of nitrogens with two attached hydrogens (primary N) is 1. The molecule has 3 atom stereocenters. The number of hydrogen-bond acceptors (Lipinski definition) is 5. The molecular weight excluding hydrogens is 312 g/mol. The first-order chi connectivity index (χ1) is 11.0. The second-order valence-corrected chi connectivity index (χ2v) is 6.56. The van der Waals surface area contributed by atoms with Gasteiger partial charge in [0.25, 0.3) is 0 Å². The molecule has 8 nitrogen and oxygen atoms in total. The summed E-state index contributed by atoms with van der Waals surface area (Å²) in [6.45, 7) is 10.4. The number of nitrogens with one attached hydrogen (secondary N) is 3. The lowest BCUT2D eigenvalue weighted by atomic mass is 9.98. The number of ketones is 1. The van der Waals surface area contributed by atoms with Crippen molar-refractivity contribution in [3.63, 3.8) is 0 Å². The van der Waals surface area contributed by atoms with Gasteiger partial charge in [0.2, 0.25) is 17.7 Å². The number of carbonyl (C=O) groups excluding carboxylic acids is 4. The molecule has 0 saturated carbocycles. The molecule has 0 radical (unpaired) electrons. The fourth-order valence-electron chi connectivity index (χ4n) is 2.10. The number of amides is 3. The molecule has 0 aromatic rings. The minimum atomic E-state index is -0.986. The Balaban J connectivity index is 4.77. The second-order valence-electron chi connectivity index (χ2n) is 6.56. The molecule has 0 fully saturated rings. The normalized spacial score (nSPS) is 14.8. The van der Waals surface area contributed by atoms with Crippen molar-refractivity contribution < 1.29 is 19.2 Å². The maximum atomic E-state index is 12.2. The average molecular weight is 342 g/mol. The Hall–Kier alpha value is -1.96. The van der Waals surface area contributed by atoms with Crippen LogP contribution in [0.2, 0.25) is 0 Å². The Morgan fingerprint density at radius 3 is 1.75 bits per heavy atom. The van der Waals surface area contributed by atoms with E-state index in [1.165, 1.54) is 6.92 Å². The Bertz CT molecular complexity index is 477. The maximum absolute atomic E-state index is 12.2. The van der Waals surface area contributed by atoms with Gasteiger partial charge in [0.05, 0.1) is 18.5 Å². The van der Waals surface area contributed by atoms with Gasteiger partial charge in [0.15, 0.2) is 5.78 Å². The summed E-state index contributed by atoms with van der Waals surface area (Å²) in [6.07, 6.45) is -0.269. The van der Waals surface area contributed by atoms with Crippen LogP contribution in [-0.4, -0.2) is 47.7 Å². The maximum Gasteiger partial charge on any atom is 0.242 e. The molecule has 0 aromatic carbocycles. The summed E-state index contributed by atoms with van der Waals surface area (Å²) in [4.78, 5) is 47.4. The smallest absolute Gasteiger partial charge is 0.242 e. The third-order valence-corrected chi connectivity index (χ3v) is 3.36. The summed E-state index contributed by atoms with van der Waals surface area (Å²) in [5.74, 6) is -2.18. The van der Waals surface area contributed by atoms with E-state index in [1.54, 1.807) is 20.8 Å². The molecule has 5 N–H and O–H groups in total. The first kappa shape index (κ1) is 22.0. The average Bonchev–Trinajstić information content (AvgIpc) is 2.43. The number of hydrogen-bond donors (Lipinski definition) is 4. The van der Waals surface area contributed by atoms with Crippen LogP contribution in [0, 0.1) is 5.92 Å². The van der Waals surface area contributed by atoms with Crippen molar-refractivity contribution in [2.75, 3.05) is 0 Å². The quantitative estimate of drug-likeness (QED) is 0.424. The highest BCUT2D eigenvalue weighted by atomic mass is 16.2. The van der Waals surface area contributed by atoms with Gasteiger partial charge in [-0.15, -0.1) is 0 Å². The van der Waals surface area contributed by atoms with Crippen molar-refractivity contribution >= 4 is 23.5 Å². The molecule has 0 rings (SSSR count). The van der Waals surface area contributed by atoms with E-state index in [9.17, 15) is 19.2 Å². The zero-order chi connectivity index (χ0) is 19.0. The van der Waals surface area contributed by atoms with Gasteiger partial charge in [-0.3, -0.25) is 19.2 Å². The third-order valence-electron chi connectivity index (χ3n) is 3.36. The summed E-state index contributed by atoms with van der Waals surface area (Å²) in [5, 5.41) is 8.09. The van der Waals surface area contributed by atoms with Gasteiger partial charge < -0.3 is 21.7 Å². The van der Waals surface area contributed by atoms with Crippen LogP contribution in [0.15, 0.2) is 0 Å². The van der Waals surface area contributed by atoms with E-state index in [0.717, 1.165) is 0 Å². The third kappa shape index (κ3) is 8.05. The zero-order valence-corrected chi connectivity index (χ0v) is 15.3. The van der Waals surface area contributed by atoms with E-state index in [4.69, 9.17) is 5.73 Å². The van der Waals surface area contributed by atoms with Crippen molar-refractivity contribution in [1.29, 1.82) is 0 Å². The van der Waals surface area contributed by atoms with Gasteiger partial charge in [-0.1, -0.05) is 27.7 Å². The molecule has 3 amide bonds. The number of primary amides is 1. The second kappa shape index (κ2) is 10.0. The summed E-state index contributed by atoms with van der Waals surface area (Å²) in [6, 6.07) is -2.16. The van der Waals surface area contributed by atoms with Gasteiger partial charge in [-0.05, 0) is 13.8 Å². The SMILES string of the molecule is CC(C)N[C@@H](C)C(=O)N[C@@H](C)C(=O)N[C@@H](CC(N)=O)C(=O)C(C)C. The fraction of sp³-hybridized carbons (Fsp3) is 0.750. The van der Waals surface area contributed by atoms with Crippen LogP contribution >= 0.6 is 0 Å². The molecule has 0 aliphatic rings. The standard InChI is InChI=1S/C16H30N4O4/c1-8(2)14(22)12(7-13(17)21)20-16(24)11(6)19-15(23)10(5)18-9(3)4/h8-12,18H,7H2,1-6H3,(H2,17,21)(H,19,23)(H,20,24)/t10-,11-,12-/m0/s1. The van der Waals surface area contributed by atoms with Gasteiger partial charge >= 0.3 is 0 Å². The lowest BCUT2D eigenvalue weighted by Crippen LogP contribution is -2.54. The first-order valence-corrected chi connectivity index (χ1v) is 8.14. The summed E-state index contributed by atoms with van der Waals surface area (Å²) in [5.41, 5.74) is 5.13. The Labute approximate surface area is 143 Å². The number of rotatable bonds is 10. The van der Waals surface area contributed by atoms with Gasteiger partial charge in [0, 0.05) is 12.0 Å². The molecule has 138 valence electrons.